The van der Waals surface area contributed by atoms with Crippen molar-refractivity contribution >= 4 is 28.3 Å². The van der Waals surface area contributed by atoms with Crippen molar-refractivity contribution in [3.8, 4) is 0 Å². The number of nitrogens with two attached hydrogens (primary N) is 1. The number of hydrogen-bond acceptors (Lipinski definition) is 4. The van der Waals surface area contributed by atoms with E-state index in [1.54, 1.807) is 12.1 Å². The van der Waals surface area contributed by atoms with Crippen molar-refractivity contribution in [3.63, 3.8) is 0 Å². The highest BCUT2D eigenvalue weighted by Crippen LogP contribution is 2.15. The van der Waals surface area contributed by atoms with Gasteiger partial charge in [-0.2, -0.15) is 0 Å². The SMILES string of the molecule is CN(C)S(=O)(=O)c1ccc(CNC(=O)CC(N)c2ccccc2)cc1.Cl. The van der Waals surface area contributed by atoms with E-state index in [1.165, 1.54) is 26.2 Å². The van der Waals surface area contributed by atoms with Crippen LogP contribution in [0.4, 0.5) is 0 Å². The molecule has 0 aliphatic rings. The Morgan fingerprint density at radius 1 is 1.08 bits per heavy atom. The predicted octanol–water partition coefficient (Wildman–Crippen LogP) is 2.07. The summed E-state index contributed by atoms with van der Waals surface area (Å²) in [5, 5.41) is 2.80. The zero-order chi connectivity index (χ0) is 18.4. The van der Waals surface area contributed by atoms with Gasteiger partial charge < -0.3 is 11.1 Å². The Morgan fingerprint density at radius 2 is 1.65 bits per heavy atom. The molecule has 0 aliphatic carbocycles. The number of nitrogens with one attached hydrogen (secondary N) is 1. The van der Waals surface area contributed by atoms with Crippen LogP contribution in [0.1, 0.15) is 23.6 Å². The molecule has 142 valence electrons. The molecule has 0 saturated carbocycles. The number of carbonyl (C=O) groups excluding carboxylic acids is 1. The van der Waals surface area contributed by atoms with Gasteiger partial charge in [-0.3, -0.25) is 4.79 Å². The molecule has 0 fully saturated rings. The first-order valence-electron chi connectivity index (χ1n) is 7.89. The molecule has 6 nitrogen and oxygen atoms in total. The first kappa shape index (κ1) is 22.1. The number of rotatable bonds is 7. The standard InChI is InChI=1S/C18H23N3O3S.ClH/c1-21(2)25(23,24)16-10-8-14(9-11-16)13-20-18(22)12-17(19)15-6-4-3-5-7-15;/h3-11,17H,12-13,19H2,1-2H3,(H,20,22);1H. The van der Waals surface area contributed by atoms with Crippen molar-refractivity contribution in [2.45, 2.75) is 23.9 Å². The molecule has 3 N–H and O–H groups in total. The van der Waals surface area contributed by atoms with E-state index in [4.69, 9.17) is 5.73 Å². The third kappa shape index (κ3) is 5.81. The molecular formula is C18H24ClN3O3S. The molecule has 0 spiro atoms. The van der Waals surface area contributed by atoms with E-state index in [0.29, 0.717) is 6.54 Å². The first-order valence-corrected chi connectivity index (χ1v) is 9.33. The highest BCUT2D eigenvalue weighted by molar-refractivity contribution is 7.89. The Labute approximate surface area is 160 Å². The third-order valence-electron chi connectivity index (χ3n) is 3.82. The zero-order valence-corrected chi connectivity index (χ0v) is 16.4. The summed E-state index contributed by atoms with van der Waals surface area (Å²) in [4.78, 5) is 12.2. The predicted molar refractivity (Wildman–Crippen MR) is 104 cm³/mol. The van der Waals surface area contributed by atoms with E-state index in [-0.39, 0.29) is 35.7 Å². The number of halogens is 1. The topological polar surface area (TPSA) is 92.5 Å². The lowest BCUT2D eigenvalue weighted by Crippen LogP contribution is -2.27. The van der Waals surface area contributed by atoms with Gasteiger partial charge in [0.2, 0.25) is 15.9 Å². The maximum atomic E-state index is 12.0. The van der Waals surface area contributed by atoms with Crippen molar-refractivity contribution in [1.29, 1.82) is 0 Å². The van der Waals surface area contributed by atoms with Crippen LogP contribution in [0.5, 0.6) is 0 Å². The van der Waals surface area contributed by atoms with Crippen LogP contribution in [-0.4, -0.2) is 32.7 Å². The van der Waals surface area contributed by atoms with Crippen LogP contribution in [0.2, 0.25) is 0 Å². The van der Waals surface area contributed by atoms with Crippen LogP contribution in [0.25, 0.3) is 0 Å². The van der Waals surface area contributed by atoms with Gasteiger partial charge in [-0.15, -0.1) is 12.4 Å². The molecular weight excluding hydrogens is 374 g/mol. The van der Waals surface area contributed by atoms with E-state index >= 15 is 0 Å². The summed E-state index contributed by atoms with van der Waals surface area (Å²) in [7, 11) is -0.471. The Kier molecular flexibility index (Phi) is 8.23. The van der Waals surface area contributed by atoms with Gasteiger partial charge in [-0.25, -0.2) is 12.7 Å². The van der Waals surface area contributed by atoms with Crippen molar-refractivity contribution in [2.75, 3.05) is 14.1 Å². The highest BCUT2D eigenvalue weighted by Gasteiger charge is 2.16. The summed E-state index contributed by atoms with van der Waals surface area (Å²) in [6, 6.07) is 15.5. The fourth-order valence-electron chi connectivity index (χ4n) is 2.28. The number of amides is 1. The molecule has 1 atom stereocenters. The largest absolute Gasteiger partial charge is 0.352 e. The van der Waals surface area contributed by atoms with Crippen LogP contribution >= 0.6 is 12.4 Å². The molecule has 26 heavy (non-hydrogen) atoms. The average molecular weight is 398 g/mol. The van der Waals surface area contributed by atoms with Crippen molar-refractivity contribution in [1.82, 2.24) is 9.62 Å². The summed E-state index contributed by atoms with van der Waals surface area (Å²) >= 11 is 0. The van der Waals surface area contributed by atoms with E-state index in [1.807, 2.05) is 30.3 Å². The number of benzene rings is 2. The third-order valence-corrected chi connectivity index (χ3v) is 5.65. The Morgan fingerprint density at radius 3 is 2.19 bits per heavy atom. The second kappa shape index (κ2) is 9.68. The van der Waals surface area contributed by atoms with Gasteiger partial charge in [-0.1, -0.05) is 42.5 Å². The summed E-state index contributed by atoms with van der Waals surface area (Å²) in [6.07, 6.45) is 0.192. The maximum Gasteiger partial charge on any atom is 0.242 e. The number of sulfonamides is 1. The normalized spacial score (nSPS) is 12.3. The first-order chi connectivity index (χ1) is 11.8. The summed E-state index contributed by atoms with van der Waals surface area (Å²) < 4.78 is 25.2. The van der Waals surface area contributed by atoms with Crippen molar-refractivity contribution in [3.05, 3.63) is 65.7 Å². The Hall–Kier alpha value is -1.93. The zero-order valence-electron chi connectivity index (χ0n) is 14.8. The van der Waals surface area contributed by atoms with E-state index in [9.17, 15) is 13.2 Å². The minimum absolute atomic E-state index is 0. The summed E-state index contributed by atoms with van der Waals surface area (Å²) in [5.41, 5.74) is 7.76. The van der Waals surface area contributed by atoms with Gasteiger partial charge in [0.25, 0.3) is 0 Å². The lowest BCUT2D eigenvalue weighted by atomic mass is 10.0. The number of carbonyl (C=O) groups is 1. The lowest BCUT2D eigenvalue weighted by molar-refractivity contribution is -0.121. The lowest BCUT2D eigenvalue weighted by Gasteiger charge is -2.13. The quantitative estimate of drug-likeness (QED) is 0.747. The molecule has 1 amide bonds. The fraction of sp³-hybridized carbons (Fsp3) is 0.278. The fourth-order valence-corrected chi connectivity index (χ4v) is 3.18. The van der Waals surface area contributed by atoms with Crippen LogP contribution < -0.4 is 11.1 Å². The molecule has 0 aliphatic heterocycles. The van der Waals surface area contributed by atoms with Crippen molar-refractivity contribution in [2.24, 2.45) is 5.73 Å². The molecule has 8 heteroatoms. The Balaban J connectivity index is 0.00000338. The number of hydrogen-bond donors (Lipinski definition) is 2. The van der Waals surface area contributed by atoms with Gasteiger partial charge in [0.1, 0.15) is 0 Å². The van der Waals surface area contributed by atoms with Gasteiger partial charge in [0, 0.05) is 33.1 Å². The van der Waals surface area contributed by atoms with Crippen LogP contribution in [-0.2, 0) is 21.4 Å². The van der Waals surface area contributed by atoms with Crippen LogP contribution in [0.3, 0.4) is 0 Å². The molecule has 0 radical (unpaired) electrons. The second-order valence-electron chi connectivity index (χ2n) is 5.93. The second-order valence-corrected chi connectivity index (χ2v) is 8.08. The van der Waals surface area contributed by atoms with E-state index < -0.39 is 10.0 Å². The highest BCUT2D eigenvalue weighted by atomic mass is 35.5. The molecule has 2 aromatic rings. The summed E-state index contributed by atoms with van der Waals surface area (Å²) in [5.74, 6) is -0.152. The maximum absolute atomic E-state index is 12.0. The van der Waals surface area contributed by atoms with Gasteiger partial charge in [0.15, 0.2) is 0 Å². The molecule has 0 heterocycles. The number of nitrogens with zero attached hydrogens (tertiary/aromatic N) is 1. The molecule has 1 unspecified atom stereocenters. The molecule has 0 bridgehead atoms. The molecule has 0 saturated heterocycles. The van der Waals surface area contributed by atoms with Crippen molar-refractivity contribution < 1.29 is 13.2 Å². The van der Waals surface area contributed by atoms with Gasteiger partial charge in [0.05, 0.1) is 4.90 Å². The van der Waals surface area contributed by atoms with Gasteiger partial charge >= 0.3 is 0 Å². The van der Waals surface area contributed by atoms with Crippen LogP contribution in [0, 0.1) is 0 Å². The Bertz CT molecular complexity index is 809. The minimum Gasteiger partial charge on any atom is -0.352 e. The summed E-state index contributed by atoms with van der Waals surface area (Å²) in [6.45, 7) is 0.322. The minimum atomic E-state index is -3.44. The smallest absolute Gasteiger partial charge is 0.242 e. The van der Waals surface area contributed by atoms with Gasteiger partial charge in [-0.05, 0) is 23.3 Å². The van der Waals surface area contributed by atoms with E-state index in [2.05, 4.69) is 5.32 Å². The average Bonchev–Trinajstić information content (AvgIpc) is 2.61. The molecule has 2 rings (SSSR count). The van der Waals surface area contributed by atoms with Crippen LogP contribution in [0.15, 0.2) is 59.5 Å². The van der Waals surface area contributed by atoms with E-state index in [0.717, 1.165) is 15.4 Å². The molecule has 2 aromatic carbocycles. The monoisotopic (exact) mass is 397 g/mol. The molecule has 0 aromatic heterocycles.